The molecule has 3 nitrogen and oxygen atoms in total. The van der Waals surface area contributed by atoms with E-state index in [0.717, 1.165) is 25.7 Å². The minimum atomic E-state index is -0.479. The summed E-state index contributed by atoms with van der Waals surface area (Å²) in [7, 11) is 1.96. The Morgan fingerprint density at radius 2 is 2.50 bits per heavy atom. The predicted octanol–water partition coefficient (Wildman–Crippen LogP) is 2.00. The third kappa shape index (κ3) is 2.43. The summed E-state index contributed by atoms with van der Waals surface area (Å²) < 4.78 is 1.89. The Hall–Kier alpha value is -0.480. The van der Waals surface area contributed by atoms with Gasteiger partial charge in [-0.15, -0.1) is 0 Å². The van der Waals surface area contributed by atoms with Gasteiger partial charge in [0.15, 0.2) is 0 Å². The molecule has 0 amide bonds. The van der Waals surface area contributed by atoms with Gasteiger partial charge in [-0.25, -0.2) is 0 Å². The van der Waals surface area contributed by atoms with Gasteiger partial charge in [0, 0.05) is 24.2 Å². The molecule has 0 aliphatic carbocycles. The fourth-order valence-corrected chi connectivity index (χ4v) is 3.53. The van der Waals surface area contributed by atoms with Gasteiger partial charge in [0.05, 0.1) is 5.60 Å². The van der Waals surface area contributed by atoms with E-state index in [1.807, 2.05) is 35.8 Å². The molecule has 1 aromatic heterocycles. The number of rotatable bonds is 3. The normalized spacial score (nSPS) is 30.6. The third-order valence-electron chi connectivity index (χ3n) is 3.62. The van der Waals surface area contributed by atoms with E-state index in [2.05, 4.69) is 12.0 Å². The molecule has 1 saturated heterocycles. The maximum atomic E-state index is 10.6. The molecule has 0 saturated carbocycles. The van der Waals surface area contributed by atoms with Crippen LogP contribution in [0.1, 0.15) is 31.9 Å². The van der Waals surface area contributed by atoms with Gasteiger partial charge in [-0.1, -0.05) is 6.92 Å². The van der Waals surface area contributed by atoms with Crippen LogP contribution in [0.2, 0.25) is 0 Å². The van der Waals surface area contributed by atoms with Crippen LogP contribution in [0.15, 0.2) is 12.3 Å². The number of hydrogen-bond donors (Lipinski definition) is 1. The second-order valence-electron chi connectivity index (χ2n) is 4.67. The minimum absolute atomic E-state index is 0.356. The van der Waals surface area contributed by atoms with Crippen LogP contribution in [0.4, 0.5) is 0 Å². The standard InChI is InChI=1S/C12H20N2OS/c1-10-12(15,6-3-9-16-10)7-4-11-5-8-13-14(11)2/h5,8,10,15H,3-4,6-7,9H2,1-2H3. The van der Waals surface area contributed by atoms with Crippen LogP contribution >= 0.6 is 11.8 Å². The van der Waals surface area contributed by atoms with E-state index < -0.39 is 5.60 Å². The molecule has 2 heterocycles. The van der Waals surface area contributed by atoms with Gasteiger partial charge in [0.2, 0.25) is 0 Å². The second kappa shape index (κ2) is 4.80. The number of aliphatic hydroxyl groups is 1. The average molecular weight is 240 g/mol. The zero-order valence-corrected chi connectivity index (χ0v) is 10.8. The summed E-state index contributed by atoms with van der Waals surface area (Å²) in [6, 6.07) is 2.03. The Labute approximate surface area is 101 Å². The molecule has 0 spiro atoms. The monoisotopic (exact) mass is 240 g/mol. The van der Waals surface area contributed by atoms with Crippen molar-refractivity contribution in [2.24, 2.45) is 7.05 Å². The Bertz CT molecular complexity index is 353. The summed E-state index contributed by atoms with van der Waals surface area (Å²) in [5.41, 5.74) is 0.726. The first-order valence-electron chi connectivity index (χ1n) is 5.93. The largest absolute Gasteiger partial charge is 0.389 e. The summed E-state index contributed by atoms with van der Waals surface area (Å²) >= 11 is 1.89. The van der Waals surface area contributed by atoms with E-state index in [1.165, 1.54) is 11.4 Å². The quantitative estimate of drug-likeness (QED) is 0.878. The molecule has 2 rings (SSSR count). The van der Waals surface area contributed by atoms with Crippen molar-refractivity contribution in [3.63, 3.8) is 0 Å². The van der Waals surface area contributed by atoms with Crippen molar-refractivity contribution >= 4 is 11.8 Å². The van der Waals surface area contributed by atoms with Crippen molar-refractivity contribution < 1.29 is 5.11 Å². The zero-order chi connectivity index (χ0) is 11.6. The highest BCUT2D eigenvalue weighted by Gasteiger charge is 2.36. The molecule has 0 aromatic carbocycles. The maximum absolute atomic E-state index is 10.6. The van der Waals surface area contributed by atoms with Crippen molar-refractivity contribution in [3.05, 3.63) is 18.0 Å². The molecular weight excluding hydrogens is 220 g/mol. The molecular formula is C12H20N2OS. The SMILES string of the molecule is CC1SCCCC1(O)CCc1ccnn1C. The molecule has 1 aliphatic rings. The van der Waals surface area contributed by atoms with Gasteiger partial charge < -0.3 is 5.11 Å². The van der Waals surface area contributed by atoms with Crippen LogP contribution in [-0.2, 0) is 13.5 Å². The van der Waals surface area contributed by atoms with Gasteiger partial charge in [0.1, 0.15) is 0 Å². The predicted molar refractivity (Wildman–Crippen MR) is 67.6 cm³/mol. The molecule has 4 heteroatoms. The smallest absolute Gasteiger partial charge is 0.0767 e. The van der Waals surface area contributed by atoms with E-state index in [1.54, 1.807) is 0 Å². The van der Waals surface area contributed by atoms with Crippen LogP contribution < -0.4 is 0 Å². The molecule has 2 unspecified atom stereocenters. The molecule has 90 valence electrons. The zero-order valence-electron chi connectivity index (χ0n) is 10.0. The van der Waals surface area contributed by atoms with Crippen molar-refractivity contribution in [2.75, 3.05) is 5.75 Å². The van der Waals surface area contributed by atoms with E-state index in [9.17, 15) is 5.11 Å². The Morgan fingerprint density at radius 3 is 3.12 bits per heavy atom. The summed E-state index contributed by atoms with van der Waals surface area (Å²) in [6.07, 6.45) is 5.66. The Kier molecular flexibility index (Phi) is 3.60. The second-order valence-corrected chi connectivity index (χ2v) is 6.11. The lowest BCUT2D eigenvalue weighted by atomic mass is 9.88. The van der Waals surface area contributed by atoms with Crippen LogP contribution in [0, 0.1) is 0 Å². The average Bonchev–Trinajstić information content (AvgIpc) is 2.66. The number of hydrogen-bond acceptors (Lipinski definition) is 3. The van der Waals surface area contributed by atoms with E-state index in [4.69, 9.17) is 0 Å². The van der Waals surface area contributed by atoms with Gasteiger partial charge >= 0.3 is 0 Å². The van der Waals surface area contributed by atoms with Crippen molar-refractivity contribution in [3.8, 4) is 0 Å². The van der Waals surface area contributed by atoms with Gasteiger partial charge in [0.25, 0.3) is 0 Å². The Morgan fingerprint density at radius 1 is 1.69 bits per heavy atom. The number of aryl methyl sites for hydroxylation is 2. The lowest BCUT2D eigenvalue weighted by Crippen LogP contribution is -2.42. The third-order valence-corrected chi connectivity index (χ3v) is 5.08. The fraction of sp³-hybridized carbons (Fsp3) is 0.750. The summed E-state index contributed by atoms with van der Waals surface area (Å²) in [6.45, 7) is 2.15. The number of aromatic nitrogens is 2. The summed E-state index contributed by atoms with van der Waals surface area (Å²) in [4.78, 5) is 0. The molecule has 1 aromatic rings. The van der Waals surface area contributed by atoms with E-state index in [0.29, 0.717) is 5.25 Å². The summed E-state index contributed by atoms with van der Waals surface area (Å²) in [5.74, 6) is 1.19. The maximum Gasteiger partial charge on any atom is 0.0767 e. The first-order valence-corrected chi connectivity index (χ1v) is 6.97. The van der Waals surface area contributed by atoms with Crippen LogP contribution in [-0.4, -0.2) is 31.5 Å². The molecule has 0 bridgehead atoms. The molecule has 1 N–H and O–H groups in total. The lowest BCUT2D eigenvalue weighted by molar-refractivity contribution is 0.0208. The van der Waals surface area contributed by atoms with Crippen LogP contribution in [0.5, 0.6) is 0 Å². The highest BCUT2D eigenvalue weighted by Crippen LogP contribution is 2.36. The van der Waals surface area contributed by atoms with Crippen LogP contribution in [0.3, 0.4) is 0 Å². The van der Waals surface area contributed by atoms with E-state index in [-0.39, 0.29) is 0 Å². The fourth-order valence-electron chi connectivity index (χ4n) is 2.32. The molecule has 0 radical (unpaired) electrons. The first-order chi connectivity index (χ1) is 7.62. The molecule has 1 fully saturated rings. The number of nitrogens with zero attached hydrogens (tertiary/aromatic N) is 2. The van der Waals surface area contributed by atoms with E-state index >= 15 is 0 Å². The van der Waals surface area contributed by atoms with Crippen molar-refractivity contribution in [1.82, 2.24) is 9.78 Å². The summed E-state index contributed by atoms with van der Waals surface area (Å²) in [5, 5.41) is 15.1. The van der Waals surface area contributed by atoms with Gasteiger partial charge in [-0.3, -0.25) is 4.68 Å². The van der Waals surface area contributed by atoms with Crippen LogP contribution in [0.25, 0.3) is 0 Å². The topological polar surface area (TPSA) is 38.1 Å². The lowest BCUT2D eigenvalue weighted by Gasteiger charge is -2.37. The minimum Gasteiger partial charge on any atom is -0.389 e. The van der Waals surface area contributed by atoms with Crippen molar-refractivity contribution in [2.45, 2.75) is 43.5 Å². The molecule has 1 aliphatic heterocycles. The van der Waals surface area contributed by atoms with Gasteiger partial charge in [-0.05, 0) is 37.5 Å². The van der Waals surface area contributed by atoms with Crippen molar-refractivity contribution in [1.29, 1.82) is 0 Å². The number of thioether (sulfide) groups is 1. The Balaban J connectivity index is 1.96. The highest BCUT2D eigenvalue weighted by atomic mass is 32.2. The highest BCUT2D eigenvalue weighted by molar-refractivity contribution is 8.00. The molecule has 2 atom stereocenters. The van der Waals surface area contributed by atoms with Gasteiger partial charge in [-0.2, -0.15) is 16.9 Å². The molecule has 16 heavy (non-hydrogen) atoms. The first kappa shape index (κ1) is 12.0.